The third kappa shape index (κ3) is 6.23. The summed E-state index contributed by atoms with van der Waals surface area (Å²) in [6, 6.07) is 8.35. The zero-order valence-corrected chi connectivity index (χ0v) is 18.1. The number of rotatable bonds is 9. The molecule has 1 unspecified atom stereocenters. The van der Waals surface area contributed by atoms with E-state index in [1.807, 2.05) is 12.1 Å². The smallest absolute Gasteiger partial charge is 0.235 e. The molecule has 0 spiro atoms. The van der Waals surface area contributed by atoms with E-state index in [4.69, 9.17) is 4.18 Å². The highest BCUT2D eigenvalue weighted by molar-refractivity contribution is 7.78. The van der Waals surface area contributed by atoms with Crippen molar-refractivity contribution in [2.24, 2.45) is 0 Å². The van der Waals surface area contributed by atoms with E-state index in [-0.39, 0.29) is 1.43 Å². The Morgan fingerprint density at radius 3 is 2.04 bits per heavy atom. The van der Waals surface area contributed by atoms with Crippen LogP contribution < -0.4 is 4.72 Å². The van der Waals surface area contributed by atoms with Crippen LogP contribution in [0, 0.1) is 0 Å². The Balaban J connectivity index is 0.00000392. The van der Waals surface area contributed by atoms with Crippen molar-refractivity contribution in [3.63, 3.8) is 0 Å². The van der Waals surface area contributed by atoms with Crippen LogP contribution in [0.5, 0.6) is 0 Å². The fourth-order valence-electron chi connectivity index (χ4n) is 3.07. The van der Waals surface area contributed by atoms with Gasteiger partial charge in [0.15, 0.2) is 0 Å². The summed E-state index contributed by atoms with van der Waals surface area (Å²) in [6.45, 7) is 14.1. The van der Waals surface area contributed by atoms with E-state index in [1.165, 1.54) is 22.3 Å². The van der Waals surface area contributed by atoms with Gasteiger partial charge in [0.25, 0.3) is 0 Å². The van der Waals surface area contributed by atoms with Gasteiger partial charge in [-0.1, -0.05) is 53.7 Å². The molecule has 1 aromatic carbocycles. The van der Waals surface area contributed by atoms with Gasteiger partial charge in [0, 0.05) is 20.4 Å². The first-order chi connectivity index (χ1) is 12.8. The second kappa shape index (κ2) is 10.1. The molecule has 0 amide bonds. The Hall–Kier alpha value is -1.56. The van der Waals surface area contributed by atoms with Crippen LogP contribution >= 0.6 is 0 Å². The lowest BCUT2D eigenvalue weighted by atomic mass is 9.85. The molecule has 1 atom stereocenters. The highest BCUT2D eigenvalue weighted by Gasteiger charge is 2.18. The van der Waals surface area contributed by atoms with E-state index in [0.29, 0.717) is 30.9 Å². The summed E-state index contributed by atoms with van der Waals surface area (Å²) in [5, 5.41) is 0. The summed E-state index contributed by atoms with van der Waals surface area (Å²) in [7, 11) is 0. The highest BCUT2D eigenvalue weighted by Crippen LogP contribution is 2.32. The van der Waals surface area contributed by atoms with Crippen molar-refractivity contribution in [3.8, 4) is 0 Å². The molecule has 2 rings (SSSR count). The molecule has 5 heteroatoms. The second-order valence-electron chi connectivity index (χ2n) is 7.82. The summed E-state index contributed by atoms with van der Waals surface area (Å²) >= 11 is -1.55. The van der Waals surface area contributed by atoms with Crippen molar-refractivity contribution in [1.82, 2.24) is 9.71 Å². The van der Waals surface area contributed by atoms with Crippen LogP contribution in [0.1, 0.15) is 88.5 Å². The largest absolute Gasteiger partial charge is 0.273 e. The molecule has 0 aliphatic heterocycles. The van der Waals surface area contributed by atoms with Gasteiger partial charge in [-0.15, -0.1) is 0 Å². The Kier molecular flexibility index (Phi) is 8.14. The average Bonchev–Trinajstić information content (AvgIpc) is 2.64. The van der Waals surface area contributed by atoms with E-state index in [0.717, 1.165) is 5.56 Å². The molecule has 0 radical (unpaired) electrons. The van der Waals surface area contributed by atoms with Crippen molar-refractivity contribution >= 4 is 11.3 Å². The Bertz CT molecular complexity index is 735. The first-order valence-electron chi connectivity index (χ1n) is 9.63. The van der Waals surface area contributed by atoms with Crippen molar-refractivity contribution in [2.45, 2.75) is 72.4 Å². The standard InChI is InChI=1S/C22H32N2O2S.H2/c1-15(2)19-11-20(16(3)4)22(21(12-19)17(5)6)14-26-27(25)24-13-18-7-9-23-10-8-18;/h7-12,15-17,24H,13-14H2,1-6H3;1H. The van der Waals surface area contributed by atoms with E-state index in [2.05, 4.69) is 63.4 Å². The number of aromatic nitrogens is 1. The summed E-state index contributed by atoms with van der Waals surface area (Å²) in [4.78, 5) is 3.99. The maximum atomic E-state index is 12.3. The normalized spacial score (nSPS) is 12.9. The fraction of sp³-hybridized carbons (Fsp3) is 0.500. The molecule has 150 valence electrons. The number of hydrogen-bond acceptors (Lipinski definition) is 3. The molecule has 4 nitrogen and oxygen atoms in total. The molecule has 27 heavy (non-hydrogen) atoms. The lowest BCUT2D eigenvalue weighted by Gasteiger charge is -2.22. The third-order valence-electron chi connectivity index (χ3n) is 4.71. The van der Waals surface area contributed by atoms with Gasteiger partial charge >= 0.3 is 0 Å². The SMILES string of the molecule is CC(C)c1cc(C(C)C)c(COS(=O)NCc2ccncc2)c(C(C)C)c1.[HH]. The van der Waals surface area contributed by atoms with E-state index in [9.17, 15) is 4.21 Å². The fourth-order valence-corrected chi connectivity index (χ4v) is 3.66. The van der Waals surface area contributed by atoms with Gasteiger partial charge in [-0.05, 0) is 57.7 Å². The quantitative estimate of drug-likeness (QED) is 0.608. The molecule has 0 saturated carbocycles. The van der Waals surface area contributed by atoms with Crippen LogP contribution in [0.2, 0.25) is 0 Å². The topological polar surface area (TPSA) is 51.2 Å². The molecule has 0 saturated heterocycles. The minimum absolute atomic E-state index is 0. The van der Waals surface area contributed by atoms with E-state index in [1.54, 1.807) is 12.4 Å². The van der Waals surface area contributed by atoms with Crippen LogP contribution in [0.4, 0.5) is 0 Å². The second-order valence-corrected chi connectivity index (χ2v) is 8.81. The van der Waals surface area contributed by atoms with E-state index >= 15 is 0 Å². The Labute approximate surface area is 168 Å². The summed E-state index contributed by atoms with van der Waals surface area (Å²) in [5.74, 6) is 1.25. The number of pyridine rings is 1. The van der Waals surface area contributed by atoms with Gasteiger partial charge < -0.3 is 0 Å². The summed E-state index contributed by atoms with van der Waals surface area (Å²) in [6.07, 6.45) is 3.45. The van der Waals surface area contributed by atoms with Gasteiger partial charge in [0.1, 0.15) is 0 Å². The van der Waals surface area contributed by atoms with Gasteiger partial charge in [-0.2, -0.15) is 0 Å². The summed E-state index contributed by atoms with van der Waals surface area (Å²) in [5.41, 5.74) is 6.12. The van der Waals surface area contributed by atoms with Crippen molar-refractivity contribution in [1.29, 1.82) is 0 Å². The third-order valence-corrected chi connectivity index (χ3v) is 5.42. The first-order valence-corrected chi connectivity index (χ1v) is 10.7. The molecule has 0 fully saturated rings. The zero-order chi connectivity index (χ0) is 20.0. The van der Waals surface area contributed by atoms with Crippen LogP contribution in [-0.2, 0) is 28.6 Å². The van der Waals surface area contributed by atoms with Gasteiger partial charge in [-0.25, -0.2) is 8.93 Å². The lowest BCUT2D eigenvalue weighted by Crippen LogP contribution is -2.19. The van der Waals surface area contributed by atoms with Crippen LogP contribution in [-0.4, -0.2) is 9.19 Å². The van der Waals surface area contributed by atoms with Crippen molar-refractivity contribution in [2.75, 3.05) is 0 Å². The molecule has 1 aromatic heterocycles. The molecule has 1 N–H and O–H groups in total. The Morgan fingerprint density at radius 1 is 1.00 bits per heavy atom. The number of benzene rings is 1. The minimum atomic E-state index is -1.55. The zero-order valence-electron chi connectivity index (χ0n) is 17.3. The van der Waals surface area contributed by atoms with Crippen LogP contribution in [0.15, 0.2) is 36.7 Å². The van der Waals surface area contributed by atoms with Crippen LogP contribution in [0.3, 0.4) is 0 Å². The van der Waals surface area contributed by atoms with Crippen molar-refractivity contribution < 1.29 is 9.82 Å². The molecule has 0 aliphatic rings. The van der Waals surface area contributed by atoms with Gasteiger partial charge in [-0.3, -0.25) is 9.17 Å². The predicted octanol–water partition coefficient (Wildman–Crippen LogP) is 5.58. The molecule has 1 heterocycles. The maximum Gasteiger partial charge on any atom is 0.235 e. The van der Waals surface area contributed by atoms with Crippen molar-refractivity contribution in [3.05, 3.63) is 64.5 Å². The number of nitrogens with zero attached hydrogens (tertiary/aromatic N) is 1. The summed E-state index contributed by atoms with van der Waals surface area (Å²) < 4.78 is 20.9. The number of nitrogens with one attached hydrogen (secondary N) is 1. The predicted molar refractivity (Wildman–Crippen MR) is 115 cm³/mol. The minimum Gasteiger partial charge on any atom is -0.273 e. The molecule has 2 aromatic rings. The maximum absolute atomic E-state index is 12.3. The molecular formula is C22H34N2O2S. The molecular weight excluding hydrogens is 356 g/mol. The highest BCUT2D eigenvalue weighted by atomic mass is 32.2. The lowest BCUT2D eigenvalue weighted by molar-refractivity contribution is 0.327. The molecule has 0 bridgehead atoms. The average molecular weight is 391 g/mol. The van der Waals surface area contributed by atoms with Crippen LogP contribution in [0.25, 0.3) is 0 Å². The first kappa shape index (κ1) is 21.7. The monoisotopic (exact) mass is 390 g/mol. The van der Waals surface area contributed by atoms with E-state index < -0.39 is 11.3 Å². The van der Waals surface area contributed by atoms with Gasteiger partial charge in [0.2, 0.25) is 11.3 Å². The number of hydrogen-bond donors (Lipinski definition) is 1. The Morgan fingerprint density at radius 2 is 1.56 bits per heavy atom. The van der Waals surface area contributed by atoms with Gasteiger partial charge in [0.05, 0.1) is 6.61 Å². The molecule has 0 aliphatic carbocycles.